The maximum absolute atomic E-state index is 13.4. The first-order valence-corrected chi connectivity index (χ1v) is 11.4. The van der Waals surface area contributed by atoms with Crippen LogP contribution in [0.4, 0.5) is 26.3 Å². The van der Waals surface area contributed by atoms with Gasteiger partial charge >= 0.3 is 12.4 Å². The summed E-state index contributed by atoms with van der Waals surface area (Å²) in [5, 5.41) is 5.21. The molecule has 0 heterocycles. The molecule has 0 aliphatic rings. The van der Waals surface area contributed by atoms with E-state index in [0.29, 0.717) is 18.6 Å². The predicted molar refractivity (Wildman–Crippen MR) is 137 cm³/mol. The summed E-state index contributed by atoms with van der Waals surface area (Å²) in [5.74, 6) is -1.33. The van der Waals surface area contributed by atoms with Gasteiger partial charge in [-0.3, -0.25) is 4.79 Å². The van der Waals surface area contributed by atoms with Gasteiger partial charge in [-0.05, 0) is 49.9 Å². The van der Waals surface area contributed by atoms with Crippen molar-refractivity contribution in [2.24, 2.45) is 27.5 Å². The molecule has 1 amide bonds. The lowest BCUT2D eigenvalue weighted by atomic mass is 9.95. The molecule has 1 rings (SSSR count). The lowest BCUT2D eigenvalue weighted by Crippen LogP contribution is -2.21. The molecular formula is C26H31F6N5O. The number of hydrogen-bond acceptors (Lipinski definition) is 4. The number of amidine groups is 1. The normalized spacial score (nSPS) is 14.7. The second kappa shape index (κ2) is 13.1. The Labute approximate surface area is 217 Å². The van der Waals surface area contributed by atoms with Crippen molar-refractivity contribution >= 4 is 17.5 Å². The van der Waals surface area contributed by atoms with Gasteiger partial charge in [0.25, 0.3) is 5.91 Å². The lowest BCUT2D eigenvalue weighted by molar-refractivity contribution is -0.143. The minimum atomic E-state index is -5.03. The maximum atomic E-state index is 13.4. The lowest BCUT2D eigenvalue weighted by Gasteiger charge is -2.19. The van der Waals surface area contributed by atoms with E-state index in [1.165, 1.54) is 13.1 Å². The van der Waals surface area contributed by atoms with Crippen molar-refractivity contribution in [3.63, 3.8) is 0 Å². The number of carbonyl (C=O) groups is 1. The smallest absolute Gasteiger partial charge is 0.387 e. The number of allylic oxidation sites excluding steroid dienone is 2. The van der Waals surface area contributed by atoms with Gasteiger partial charge in [-0.25, -0.2) is 10.0 Å². The number of benzene rings is 1. The highest BCUT2D eigenvalue weighted by atomic mass is 19.4. The van der Waals surface area contributed by atoms with E-state index in [9.17, 15) is 31.1 Å². The molecule has 0 atom stereocenters. The average molecular weight is 544 g/mol. The van der Waals surface area contributed by atoms with Crippen LogP contribution in [-0.4, -0.2) is 22.5 Å². The van der Waals surface area contributed by atoms with E-state index in [1.807, 2.05) is 6.92 Å². The molecule has 1 aromatic rings. The van der Waals surface area contributed by atoms with Gasteiger partial charge in [0.15, 0.2) is 0 Å². The minimum absolute atomic E-state index is 0.0389. The van der Waals surface area contributed by atoms with Crippen LogP contribution in [0.1, 0.15) is 57.7 Å². The Balaban J connectivity index is 3.90. The quantitative estimate of drug-likeness (QED) is 0.0879. The molecule has 6 nitrogen and oxygen atoms in total. The molecule has 0 spiro atoms. The highest BCUT2D eigenvalue weighted by molar-refractivity contribution is 6.02. The van der Waals surface area contributed by atoms with E-state index < -0.39 is 40.9 Å². The Morgan fingerprint density at radius 3 is 1.95 bits per heavy atom. The first kappa shape index (κ1) is 32.2. The van der Waals surface area contributed by atoms with Crippen LogP contribution >= 0.6 is 0 Å². The van der Waals surface area contributed by atoms with Crippen molar-refractivity contribution < 1.29 is 31.1 Å². The molecule has 0 fully saturated rings. The molecule has 38 heavy (non-hydrogen) atoms. The van der Waals surface area contributed by atoms with Gasteiger partial charge in [-0.2, -0.15) is 31.4 Å². The van der Waals surface area contributed by atoms with Gasteiger partial charge < -0.3 is 11.5 Å². The molecule has 0 unspecified atom stereocenters. The van der Waals surface area contributed by atoms with E-state index in [-0.39, 0.29) is 28.8 Å². The van der Waals surface area contributed by atoms with Crippen molar-refractivity contribution in [1.82, 2.24) is 5.01 Å². The number of alkyl halides is 6. The van der Waals surface area contributed by atoms with Crippen LogP contribution in [0.3, 0.4) is 0 Å². The summed E-state index contributed by atoms with van der Waals surface area (Å²) >= 11 is 0. The third-order valence-electron chi connectivity index (χ3n) is 5.05. The number of hydrogen-bond donors (Lipinski definition) is 2. The summed E-state index contributed by atoms with van der Waals surface area (Å²) in [4.78, 5) is 16.3. The van der Waals surface area contributed by atoms with Crippen LogP contribution < -0.4 is 11.5 Å². The molecule has 4 N–H and O–H groups in total. The fourth-order valence-corrected chi connectivity index (χ4v) is 2.99. The number of amides is 1. The Bertz CT molecular complexity index is 1150. The molecule has 0 aliphatic carbocycles. The largest absolute Gasteiger partial charge is 0.416 e. The minimum Gasteiger partial charge on any atom is -0.387 e. The second-order valence-corrected chi connectivity index (χ2v) is 8.60. The topological polar surface area (TPSA) is 97.1 Å². The van der Waals surface area contributed by atoms with Gasteiger partial charge in [0.1, 0.15) is 0 Å². The molecule has 208 valence electrons. The molecule has 0 aromatic heterocycles. The van der Waals surface area contributed by atoms with Crippen LogP contribution in [0.25, 0.3) is 0 Å². The van der Waals surface area contributed by atoms with Gasteiger partial charge in [0, 0.05) is 24.2 Å². The van der Waals surface area contributed by atoms with E-state index >= 15 is 0 Å². The van der Waals surface area contributed by atoms with Crippen molar-refractivity contribution in [2.75, 3.05) is 0 Å². The summed E-state index contributed by atoms with van der Waals surface area (Å²) in [6, 6.07) is 1.22. The molecule has 1 aromatic carbocycles. The van der Waals surface area contributed by atoms with Crippen LogP contribution in [0, 0.1) is 5.92 Å². The van der Waals surface area contributed by atoms with Gasteiger partial charge in [-0.15, -0.1) is 0 Å². The predicted octanol–water partition coefficient (Wildman–Crippen LogP) is 6.52. The molecular weight excluding hydrogens is 512 g/mol. The Morgan fingerprint density at radius 2 is 1.58 bits per heavy atom. The standard InChI is InChI=1S/C26H31F6N5O/c1-7-16(5)9-19(13-35-17(6)33)22(24(34)38)14-37(8-2)36-23(15(3)4)18-10-20(25(27,28)29)12-21(11-18)26(30,31)32/h8-15H,2,7H2,1,3-6H3,(H2,33,35)(H2,34,38)/b16-9+,19-13+,22-14+,36-23+. The van der Waals surface area contributed by atoms with E-state index in [4.69, 9.17) is 11.5 Å². The van der Waals surface area contributed by atoms with E-state index in [0.717, 1.165) is 23.0 Å². The van der Waals surface area contributed by atoms with Crippen molar-refractivity contribution in [2.45, 2.75) is 53.4 Å². The van der Waals surface area contributed by atoms with Crippen LogP contribution in [0.5, 0.6) is 0 Å². The van der Waals surface area contributed by atoms with Crippen LogP contribution in [0.15, 0.2) is 76.3 Å². The number of primary amides is 1. The summed E-state index contributed by atoms with van der Waals surface area (Å²) in [6.45, 7) is 11.9. The fourth-order valence-electron chi connectivity index (χ4n) is 2.99. The van der Waals surface area contributed by atoms with Crippen LogP contribution in [0.2, 0.25) is 0 Å². The number of hydrazone groups is 1. The summed E-state index contributed by atoms with van der Waals surface area (Å²) in [5.41, 5.74) is 8.72. The summed E-state index contributed by atoms with van der Waals surface area (Å²) in [7, 11) is 0. The van der Waals surface area contributed by atoms with E-state index in [1.54, 1.807) is 26.8 Å². The Morgan fingerprint density at radius 1 is 1.05 bits per heavy atom. The van der Waals surface area contributed by atoms with Gasteiger partial charge in [0.05, 0.1) is 28.2 Å². The van der Waals surface area contributed by atoms with E-state index in [2.05, 4.69) is 16.7 Å². The van der Waals surface area contributed by atoms with Crippen LogP contribution in [-0.2, 0) is 17.1 Å². The SMILES string of the molecule is C=CN(\C=C(C(N)=O)/C(/C=C(\C)CC)=C/N=C(C)N)/N=C(/c1cc(C(F)(F)F)cc(C(F)(F)F)c1)C(C)C. The first-order valence-electron chi connectivity index (χ1n) is 11.4. The molecule has 0 bridgehead atoms. The zero-order valence-corrected chi connectivity index (χ0v) is 21.7. The number of halogens is 6. The third kappa shape index (κ3) is 9.56. The molecule has 0 saturated heterocycles. The number of nitrogens with two attached hydrogens (primary N) is 2. The zero-order chi connectivity index (χ0) is 29.4. The summed E-state index contributed by atoms with van der Waals surface area (Å²) < 4.78 is 80.5. The third-order valence-corrected chi connectivity index (χ3v) is 5.05. The Hall–Kier alpha value is -3.83. The monoisotopic (exact) mass is 543 g/mol. The van der Waals surface area contributed by atoms with Crippen molar-refractivity contribution in [1.29, 1.82) is 0 Å². The second-order valence-electron chi connectivity index (χ2n) is 8.60. The van der Waals surface area contributed by atoms with Crippen molar-refractivity contribution in [3.8, 4) is 0 Å². The number of nitrogens with zero attached hydrogens (tertiary/aromatic N) is 3. The fraction of sp³-hybridized carbons (Fsp3) is 0.346. The highest BCUT2D eigenvalue weighted by Crippen LogP contribution is 2.37. The molecule has 0 saturated carbocycles. The number of aliphatic imine (C=N–C) groups is 1. The molecule has 12 heteroatoms. The first-order chi connectivity index (χ1) is 17.4. The van der Waals surface area contributed by atoms with Gasteiger partial charge in [-0.1, -0.05) is 39.0 Å². The number of rotatable bonds is 10. The maximum Gasteiger partial charge on any atom is 0.416 e. The molecule has 0 aliphatic heterocycles. The average Bonchev–Trinajstić information content (AvgIpc) is 2.80. The zero-order valence-electron chi connectivity index (χ0n) is 21.7. The van der Waals surface area contributed by atoms with Crippen molar-refractivity contribution in [3.05, 3.63) is 82.9 Å². The van der Waals surface area contributed by atoms with Gasteiger partial charge in [0.2, 0.25) is 0 Å². The molecule has 0 radical (unpaired) electrons. The summed E-state index contributed by atoms with van der Waals surface area (Å²) in [6.07, 6.45) is -4.20. The number of carbonyl (C=O) groups excluding carboxylic acids is 1. The Kier molecular flexibility index (Phi) is 11.1. The highest BCUT2D eigenvalue weighted by Gasteiger charge is 2.37.